The molecule has 1 aromatic heterocycles. The molecule has 0 unspecified atom stereocenters. The van der Waals surface area contributed by atoms with Crippen molar-refractivity contribution in [3.63, 3.8) is 0 Å². The SMILES string of the molecule is CC(C)c1nnc([C@@H](C)NC(=O)Nc2ccccc2OC(F)(F)F)o1. The number of nitrogens with one attached hydrogen (secondary N) is 2. The number of ether oxygens (including phenoxy) is 1. The Bertz CT molecular complexity index is 731. The highest BCUT2D eigenvalue weighted by molar-refractivity contribution is 5.91. The topological polar surface area (TPSA) is 89.3 Å². The third-order valence-corrected chi connectivity index (χ3v) is 3.03. The number of anilines is 1. The smallest absolute Gasteiger partial charge is 0.423 e. The Hall–Kier alpha value is -2.78. The number of carbonyl (C=O) groups excluding carboxylic acids is 1. The van der Waals surface area contributed by atoms with Crippen LogP contribution >= 0.6 is 0 Å². The van der Waals surface area contributed by atoms with Crippen LogP contribution in [0, 0.1) is 0 Å². The molecule has 0 saturated carbocycles. The molecular formula is C15H17F3N4O3. The summed E-state index contributed by atoms with van der Waals surface area (Å²) in [5.74, 6) is 0.137. The van der Waals surface area contributed by atoms with E-state index in [1.165, 1.54) is 18.2 Å². The number of urea groups is 1. The third-order valence-electron chi connectivity index (χ3n) is 3.03. The Morgan fingerprint density at radius 1 is 1.16 bits per heavy atom. The molecule has 1 heterocycles. The van der Waals surface area contributed by atoms with E-state index in [-0.39, 0.29) is 17.5 Å². The molecule has 10 heteroatoms. The minimum absolute atomic E-state index is 0.0358. The van der Waals surface area contributed by atoms with Crippen LogP contribution in [0.25, 0.3) is 0 Å². The molecule has 1 atom stereocenters. The van der Waals surface area contributed by atoms with Crippen molar-refractivity contribution in [1.29, 1.82) is 0 Å². The highest BCUT2D eigenvalue weighted by Crippen LogP contribution is 2.30. The quantitative estimate of drug-likeness (QED) is 0.844. The highest BCUT2D eigenvalue weighted by Gasteiger charge is 2.32. The van der Waals surface area contributed by atoms with Gasteiger partial charge in [0.25, 0.3) is 0 Å². The average Bonchev–Trinajstić information content (AvgIpc) is 2.98. The first-order valence-electron chi connectivity index (χ1n) is 7.41. The summed E-state index contributed by atoms with van der Waals surface area (Å²) in [6, 6.07) is 3.84. The summed E-state index contributed by atoms with van der Waals surface area (Å²) >= 11 is 0. The maximum absolute atomic E-state index is 12.4. The van der Waals surface area contributed by atoms with Crippen LogP contribution in [0.1, 0.15) is 44.5 Å². The maximum Gasteiger partial charge on any atom is 0.573 e. The number of amides is 2. The minimum atomic E-state index is -4.86. The normalized spacial score (nSPS) is 12.8. The number of para-hydroxylation sites is 2. The summed E-state index contributed by atoms with van der Waals surface area (Å²) in [7, 11) is 0. The summed E-state index contributed by atoms with van der Waals surface area (Å²) in [4.78, 5) is 12.0. The number of rotatable bonds is 5. The van der Waals surface area contributed by atoms with Gasteiger partial charge in [-0.15, -0.1) is 23.4 Å². The molecule has 2 aromatic rings. The molecule has 0 bridgehead atoms. The first kappa shape index (κ1) is 18.6. The fourth-order valence-corrected chi connectivity index (χ4v) is 1.86. The Kier molecular flexibility index (Phi) is 5.50. The average molecular weight is 358 g/mol. The zero-order valence-corrected chi connectivity index (χ0v) is 13.7. The van der Waals surface area contributed by atoms with Crippen molar-refractivity contribution in [1.82, 2.24) is 15.5 Å². The second-order valence-corrected chi connectivity index (χ2v) is 5.50. The van der Waals surface area contributed by atoms with Crippen molar-refractivity contribution < 1.29 is 27.1 Å². The molecule has 0 spiro atoms. The number of halogens is 3. The van der Waals surface area contributed by atoms with Crippen molar-refractivity contribution >= 4 is 11.7 Å². The Labute approximate surface area is 141 Å². The van der Waals surface area contributed by atoms with E-state index < -0.39 is 24.2 Å². The first-order valence-corrected chi connectivity index (χ1v) is 7.41. The molecule has 0 aliphatic heterocycles. The molecule has 2 N–H and O–H groups in total. The second-order valence-electron chi connectivity index (χ2n) is 5.50. The Morgan fingerprint density at radius 3 is 2.40 bits per heavy atom. The van der Waals surface area contributed by atoms with Crippen molar-refractivity contribution in [2.45, 2.75) is 39.1 Å². The van der Waals surface area contributed by atoms with Crippen LogP contribution in [0.15, 0.2) is 28.7 Å². The van der Waals surface area contributed by atoms with Gasteiger partial charge in [0, 0.05) is 5.92 Å². The van der Waals surface area contributed by atoms with Crippen molar-refractivity contribution in [3.8, 4) is 5.75 Å². The lowest BCUT2D eigenvalue weighted by Gasteiger charge is -2.15. The molecule has 7 nitrogen and oxygen atoms in total. The van der Waals surface area contributed by atoms with Gasteiger partial charge < -0.3 is 19.8 Å². The summed E-state index contributed by atoms with van der Waals surface area (Å²) in [6.07, 6.45) is -4.86. The largest absolute Gasteiger partial charge is 0.573 e. The minimum Gasteiger partial charge on any atom is -0.423 e. The highest BCUT2D eigenvalue weighted by atomic mass is 19.4. The number of hydrogen-bond acceptors (Lipinski definition) is 5. The van der Waals surface area contributed by atoms with Crippen molar-refractivity contribution in [2.24, 2.45) is 0 Å². The Morgan fingerprint density at radius 2 is 1.80 bits per heavy atom. The molecule has 2 amide bonds. The zero-order chi connectivity index (χ0) is 18.6. The molecule has 2 rings (SSSR count). The van der Waals surface area contributed by atoms with Crippen LogP contribution < -0.4 is 15.4 Å². The van der Waals surface area contributed by atoms with Crippen LogP contribution in [0.5, 0.6) is 5.75 Å². The van der Waals surface area contributed by atoms with Gasteiger partial charge in [-0.1, -0.05) is 26.0 Å². The molecule has 136 valence electrons. The molecule has 25 heavy (non-hydrogen) atoms. The van der Waals surface area contributed by atoms with Gasteiger partial charge in [-0.3, -0.25) is 0 Å². The standard InChI is InChI=1S/C15H17F3N4O3/c1-8(2)12-21-22-13(24-12)9(3)19-14(23)20-10-6-4-5-7-11(10)25-15(16,17)18/h4-9H,1-3H3,(H2,19,20,23)/t9-/m1/s1. The lowest BCUT2D eigenvalue weighted by molar-refractivity contribution is -0.274. The van der Waals surface area contributed by atoms with E-state index in [4.69, 9.17) is 4.42 Å². The fraction of sp³-hybridized carbons (Fsp3) is 0.400. The summed E-state index contributed by atoms with van der Waals surface area (Å²) in [5, 5.41) is 12.5. The van der Waals surface area contributed by atoms with Crippen LogP contribution in [0.3, 0.4) is 0 Å². The van der Waals surface area contributed by atoms with Gasteiger partial charge in [0.05, 0.1) is 5.69 Å². The van der Waals surface area contributed by atoms with Crippen LogP contribution in [0.4, 0.5) is 23.7 Å². The van der Waals surface area contributed by atoms with Gasteiger partial charge in [-0.25, -0.2) is 4.79 Å². The molecule has 0 saturated heterocycles. The summed E-state index contributed by atoms with van der Waals surface area (Å²) in [5.41, 5.74) is -0.127. The predicted molar refractivity (Wildman–Crippen MR) is 82.1 cm³/mol. The monoisotopic (exact) mass is 358 g/mol. The zero-order valence-electron chi connectivity index (χ0n) is 13.7. The number of hydrogen-bond donors (Lipinski definition) is 2. The van der Waals surface area contributed by atoms with E-state index >= 15 is 0 Å². The van der Waals surface area contributed by atoms with E-state index in [0.717, 1.165) is 6.07 Å². The fourth-order valence-electron chi connectivity index (χ4n) is 1.86. The number of nitrogens with zero attached hydrogens (tertiary/aromatic N) is 2. The van der Waals surface area contributed by atoms with Gasteiger partial charge in [-0.2, -0.15) is 0 Å². The van der Waals surface area contributed by atoms with E-state index in [9.17, 15) is 18.0 Å². The Balaban J connectivity index is 2.02. The van der Waals surface area contributed by atoms with E-state index in [2.05, 4.69) is 25.6 Å². The number of alkyl halides is 3. The van der Waals surface area contributed by atoms with Crippen LogP contribution in [0.2, 0.25) is 0 Å². The van der Waals surface area contributed by atoms with Gasteiger partial charge in [0.15, 0.2) is 5.75 Å². The van der Waals surface area contributed by atoms with Crippen molar-refractivity contribution in [2.75, 3.05) is 5.32 Å². The lowest BCUT2D eigenvalue weighted by Crippen LogP contribution is -2.31. The molecule has 0 radical (unpaired) electrons. The third kappa shape index (κ3) is 5.37. The number of carbonyl (C=O) groups is 1. The summed E-state index contributed by atoms with van der Waals surface area (Å²) in [6.45, 7) is 5.36. The molecule has 0 aliphatic carbocycles. The molecule has 1 aromatic carbocycles. The van der Waals surface area contributed by atoms with Gasteiger partial charge >= 0.3 is 12.4 Å². The second kappa shape index (κ2) is 7.41. The van der Waals surface area contributed by atoms with Gasteiger partial charge in [0.2, 0.25) is 11.8 Å². The summed E-state index contributed by atoms with van der Waals surface area (Å²) < 4.78 is 46.4. The molecule has 0 aliphatic rings. The lowest BCUT2D eigenvalue weighted by atomic mass is 10.2. The number of benzene rings is 1. The van der Waals surface area contributed by atoms with Crippen LogP contribution in [-0.4, -0.2) is 22.6 Å². The van der Waals surface area contributed by atoms with E-state index in [0.29, 0.717) is 5.89 Å². The van der Waals surface area contributed by atoms with Crippen LogP contribution in [-0.2, 0) is 0 Å². The first-order chi connectivity index (χ1) is 11.7. The van der Waals surface area contributed by atoms with Gasteiger partial charge in [-0.05, 0) is 19.1 Å². The van der Waals surface area contributed by atoms with Gasteiger partial charge in [0.1, 0.15) is 6.04 Å². The molecular weight excluding hydrogens is 341 g/mol. The van der Waals surface area contributed by atoms with E-state index in [1.54, 1.807) is 6.92 Å². The predicted octanol–water partition coefficient (Wildman–Crippen LogP) is 3.97. The maximum atomic E-state index is 12.4. The number of aromatic nitrogens is 2. The van der Waals surface area contributed by atoms with E-state index in [1.807, 2.05) is 13.8 Å². The molecule has 0 fully saturated rings. The van der Waals surface area contributed by atoms with Crippen molar-refractivity contribution in [3.05, 3.63) is 36.0 Å².